The van der Waals surface area contributed by atoms with E-state index in [1.165, 1.54) is 7.05 Å². The van der Waals surface area contributed by atoms with E-state index in [1.54, 1.807) is 18.2 Å². The topological polar surface area (TPSA) is 52.6 Å². The number of likely N-dealkylation sites (N-methyl/N-ethyl adjacent to an activating group) is 1. The highest BCUT2D eigenvalue weighted by Gasteiger charge is 2.38. The van der Waals surface area contributed by atoms with Crippen molar-refractivity contribution >= 4 is 11.6 Å². The van der Waals surface area contributed by atoms with Gasteiger partial charge in [-0.1, -0.05) is 12.1 Å². The number of rotatable bonds is 5. The molecule has 0 aliphatic rings. The van der Waals surface area contributed by atoms with Crippen molar-refractivity contribution in [3.8, 4) is 0 Å². The third kappa shape index (κ3) is 5.58. The van der Waals surface area contributed by atoms with Gasteiger partial charge in [-0.15, -0.1) is 0 Å². The number of amides is 1. The number of anilines is 1. The van der Waals surface area contributed by atoms with Crippen molar-refractivity contribution in [1.82, 2.24) is 4.90 Å². The molecule has 0 saturated heterocycles. The molecule has 7 heteroatoms. The molecule has 1 unspecified atom stereocenters. The summed E-state index contributed by atoms with van der Waals surface area (Å²) in [4.78, 5) is 12.8. The minimum absolute atomic E-state index is 0.235. The van der Waals surface area contributed by atoms with Gasteiger partial charge in [0.15, 0.2) is 6.10 Å². The fourth-order valence-corrected chi connectivity index (χ4v) is 1.63. The molecule has 112 valence electrons. The van der Waals surface area contributed by atoms with Gasteiger partial charge in [-0.05, 0) is 31.7 Å². The SMILES string of the molecule is Cc1cccc(NC(=O)CN(C)CC(O)C(F)(F)F)c1. The maximum atomic E-state index is 12.2. The molecule has 1 amide bonds. The third-order valence-electron chi connectivity index (χ3n) is 2.58. The normalized spacial score (nSPS) is 13.3. The first-order valence-corrected chi connectivity index (χ1v) is 5.98. The van der Waals surface area contributed by atoms with E-state index in [-0.39, 0.29) is 6.54 Å². The number of aliphatic hydroxyl groups excluding tert-OH is 1. The molecule has 0 saturated carbocycles. The summed E-state index contributed by atoms with van der Waals surface area (Å²) in [5.74, 6) is -0.438. The summed E-state index contributed by atoms with van der Waals surface area (Å²) in [6.07, 6.45) is -7.14. The number of halogens is 3. The van der Waals surface area contributed by atoms with Crippen LogP contribution in [0.15, 0.2) is 24.3 Å². The lowest BCUT2D eigenvalue weighted by Crippen LogP contribution is -2.42. The van der Waals surface area contributed by atoms with Crippen LogP contribution in [0.3, 0.4) is 0 Å². The summed E-state index contributed by atoms with van der Waals surface area (Å²) >= 11 is 0. The van der Waals surface area contributed by atoms with Gasteiger partial charge in [-0.2, -0.15) is 13.2 Å². The Morgan fingerprint density at radius 1 is 1.45 bits per heavy atom. The summed E-state index contributed by atoms with van der Waals surface area (Å²) in [6.45, 7) is 0.979. The Morgan fingerprint density at radius 2 is 2.10 bits per heavy atom. The molecule has 1 aromatic rings. The van der Waals surface area contributed by atoms with Gasteiger partial charge in [-0.3, -0.25) is 9.69 Å². The van der Waals surface area contributed by atoms with E-state index >= 15 is 0 Å². The van der Waals surface area contributed by atoms with Gasteiger partial charge in [0.05, 0.1) is 6.54 Å². The van der Waals surface area contributed by atoms with Gasteiger partial charge in [0, 0.05) is 12.2 Å². The van der Waals surface area contributed by atoms with Crippen molar-refractivity contribution in [2.75, 3.05) is 25.5 Å². The van der Waals surface area contributed by atoms with Crippen molar-refractivity contribution < 1.29 is 23.1 Å². The van der Waals surface area contributed by atoms with Crippen molar-refractivity contribution in [1.29, 1.82) is 0 Å². The van der Waals surface area contributed by atoms with E-state index < -0.39 is 24.7 Å². The molecule has 2 N–H and O–H groups in total. The molecule has 0 bridgehead atoms. The summed E-state index contributed by atoms with van der Waals surface area (Å²) in [5, 5.41) is 11.5. The molecule has 0 radical (unpaired) electrons. The fourth-order valence-electron chi connectivity index (χ4n) is 1.63. The van der Waals surface area contributed by atoms with Crippen LogP contribution in [0.2, 0.25) is 0 Å². The maximum absolute atomic E-state index is 12.2. The molecule has 1 rings (SSSR count). The van der Waals surface area contributed by atoms with Crippen molar-refractivity contribution in [3.63, 3.8) is 0 Å². The first-order valence-electron chi connectivity index (χ1n) is 5.98. The number of nitrogens with one attached hydrogen (secondary N) is 1. The van der Waals surface area contributed by atoms with E-state index in [2.05, 4.69) is 5.32 Å². The Morgan fingerprint density at radius 3 is 2.65 bits per heavy atom. The molecular formula is C13H17F3N2O2. The largest absolute Gasteiger partial charge is 0.415 e. The summed E-state index contributed by atoms with van der Waals surface area (Å²) in [6, 6.07) is 7.07. The number of aryl methyl sites for hydroxylation is 1. The fraction of sp³-hybridized carbons (Fsp3) is 0.462. The average molecular weight is 290 g/mol. The number of alkyl halides is 3. The minimum Gasteiger partial charge on any atom is -0.382 e. The molecule has 4 nitrogen and oxygen atoms in total. The molecule has 0 aliphatic heterocycles. The summed E-state index contributed by atoms with van der Waals surface area (Å²) in [7, 11) is 1.34. The van der Waals surface area contributed by atoms with Crippen molar-refractivity contribution in [2.24, 2.45) is 0 Å². The Kier molecular flexibility index (Phi) is 5.52. The summed E-state index contributed by atoms with van der Waals surface area (Å²) < 4.78 is 36.5. The van der Waals surface area contributed by atoms with Crippen LogP contribution in [0, 0.1) is 6.92 Å². The quantitative estimate of drug-likeness (QED) is 0.869. The van der Waals surface area contributed by atoms with Crippen LogP contribution in [-0.4, -0.2) is 48.3 Å². The number of hydrogen-bond acceptors (Lipinski definition) is 3. The van der Waals surface area contributed by atoms with Gasteiger partial charge >= 0.3 is 6.18 Å². The van der Waals surface area contributed by atoms with Crippen LogP contribution in [-0.2, 0) is 4.79 Å². The molecule has 0 aliphatic carbocycles. The molecule has 1 atom stereocenters. The van der Waals surface area contributed by atoms with E-state index in [1.807, 2.05) is 13.0 Å². The van der Waals surface area contributed by atoms with Gasteiger partial charge in [0.2, 0.25) is 5.91 Å². The van der Waals surface area contributed by atoms with Crippen LogP contribution in [0.5, 0.6) is 0 Å². The first kappa shape index (κ1) is 16.5. The predicted molar refractivity (Wildman–Crippen MR) is 69.4 cm³/mol. The second-order valence-corrected chi connectivity index (χ2v) is 4.67. The van der Waals surface area contributed by atoms with Crippen molar-refractivity contribution in [3.05, 3.63) is 29.8 Å². The number of nitrogens with zero attached hydrogens (tertiary/aromatic N) is 1. The number of benzene rings is 1. The molecule has 0 spiro atoms. The Balaban J connectivity index is 2.46. The Labute approximate surface area is 115 Å². The van der Waals surface area contributed by atoms with Gasteiger partial charge in [0.25, 0.3) is 0 Å². The molecule has 1 aromatic carbocycles. The van der Waals surface area contributed by atoms with E-state index in [9.17, 15) is 18.0 Å². The third-order valence-corrected chi connectivity index (χ3v) is 2.58. The molecule has 0 fully saturated rings. The van der Waals surface area contributed by atoms with Crippen LogP contribution in [0.25, 0.3) is 0 Å². The van der Waals surface area contributed by atoms with Gasteiger partial charge in [0.1, 0.15) is 0 Å². The maximum Gasteiger partial charge on any atom is 0.415 e. The number of carbonyl (C=O) groups is 1. The Bertz CT molecular complexity index is 463. The van der Waals surface area contributed by atoms with Gasteiger partial charge in [-0.25, -0.2) is 0 Å². The zero-order valence-electron chi connectivity index (χ0n) is 11.2. The highest BCUT2D eigenvalue weighted by Crippen LogP contribution is 2.20. The second kappa shape index (κ2) is 6.71. The lowest BCUT2D eigenvalue weighted by atomic mass is 10.2. The van der Waals surface area contributed by atoms with Crippen LogP contribution in [0.4, 0.5) is 18.9 Å². The minimum atomic E-state index is -4.68. The van der Waals surface area contributed by atoms with E-state index in [4.69, 9.17) is 5.11 Å². The smallest absolute Gasteiger partial charge is 0.382 e. The summed E-state index contributed by atoms with van der Waals surface area (Å²) in [5.41, 5.74) is 1.54. The van der Waals surface area contributed by atoms with Crippen LogP contribution < -0.4 is 5.32 Å². The molecule has 0 heterocycles. The molecular weight excluding hydrogens is 273 g/mol. The molecule has 0 aromatic heterocycles. The highest BCUT2D eigenvalue weighted by molar-refractivity contribution is 5.92. The number of carbonyl (C=O) groups excluding carboxylic acids is 1. The van der Waals surface area contributed by atoms with Crippen LogP contribution >= 0.6 is 0 Å². The van der Waals surface area contributed by atoms with Crippen molar-refractivity contribution in [2.45, 2.75) is 19.2 Å². The average Bonchev–Trinajstić information content (AvgIpc) is 2.26. The van der Waals surface area contributed by atoms with Crippen LogP contribution in [0.1, 0.15) is 5.56 Å². The number of hydrogen-bond donors (Lipinski definition) is 2. The predicted octanol–water partition coefficient (Wildman–Crippen LogP) is 1.79. The standard InChI is InChI=1S/C13H17F3N2O2/c1-9-4-3-5-10(6-9)17-12(20)8-18(2)7-11(19)13(14,15)16/h3-6,11,19H,7-8H2,1-2H3,(H,17,20). The zero-order valence-corrected chi connectivity index (χ0v) is 11.2. The molecule has 20 heavy (non-hydrogen) atoms. The zero-order chi connectivity index (χ0) is 15.3. The van der Waals surface area contributed by atoms with Gasteiger partial charge < -0.3 is 10.4 Å². The number of aliphatic hydroxyl groups is 1. The van der Waals surface area contributed by atoms with E-state index in [0.29, 0.717) is 5.69 Å². The monoisotopic (exact) mass is 290 g/mol. The lowest BCUT2D eigenvalue weighted by molar-refractivity contribution is -0.207. The Hall–Kier alpha value is -1.60. The highest BCUT2D eigenvalue weighted by atomic mass is 19.4. The first-order chi connectivity index (χ1) is 9.18. The second-order valence-electron chi connectivity index (χ2n) is 4.67. The van der Waals surface area contributed by atoms with E-state index in [0.717, 1.165) is 10.5 Å². The lowest BCUT2D eigenvalue weighted by Gasteiger charge is -2.21.